The zero-order valence-electron chi connectivity index (χ0n) is 30.5. The summed E-state index contributed by atoms with van der Waals surface area (Å²) in [6, 6.07) is 65.2. The van der Waals surface area contributed by atoms with Crippen LogP contribution in [0.2, 0.25) is 0 Å². The predicted octanol–water partition coefficient (Wildman–Crippen LogP) is 9.96. The zero-order chi connectivity index (χ0) is 37.2. The Bertz CT molecular complexity index is 3050. The Morgan fingerprint density at radius 2 is 1.32 bits per heavy atom. The number of hydrogen-bond acceptors (Lipinski definition) is 5. The van der Waals surface area contributed by atoms with Gasteiger partial charge in [0, 0.05) is 50.7 Å². The normalized spacial score (nSPS) is 13.2. The molecular weight excluding hydrogens is 721 g/mol. The van der Waals surface area contributed by atoms with Crippen LogP contribution in [0.1, 0.15) is 0 Å². The molecular formula is C49H34N4OSSi. The van der Waals surface area contributed by atoms with Crippen molar-refractivity contribution >= 4 is 88.6 Å². The summed E-state index contributed by atoms with van der Waals surface area (Å²) in [6.07, 6.45) is 1.88. The van der Waals surface area contributed by atoms with E-state index < -0.39 is 8.07 Å². The zero-order valence-corrected chi connectivity index (χ0v) is 32.3. The van der Waals surface area contributed by atoms with Crippen molar-refractivity contribution in [2.45, 2.75) is 0 Å². The van der Waals surface area contributed by atoms with E-state index in [0.29, 0.717) is 0 Å². The van der Waals surface area contributed by atoms with Crippen LogP contribution in [0.15, 0.2) is 188 Å². The number of ether oxygens (including phenoxy) is 1. The van der Waals surface area contributed by atoms with E-state index in [4.69, 9.17) is 14.7 Å². The summed E-state index contributed by atoms with van der Waals surface area (Å²) in [6.45, 7) is 0. The molecule has 0 aliphatic carbocycles. The van der Waals surface area contributed by atoms with Crippen LogP contribution in [0.3, 0.4) is 0 Å². The van der Waals surface area contributed by atoms with Gasteiger partial charge in [0.2, 0.25) is 0 Å². The lowest BCUT2D eigenvalue weighted by Gasteiger charge is -2.45. The summed E-state index contributed by atoms with van der Waals surface area (Å²) < 4.78 is 11.5. The fourth-order valence-electron chi connectivity index (χ4n) is 8.83. The second-order valence-corrected chi connectivity index (χ2v) is 19.0. The van der Waals surface area contributed by atoms with Crippen molar-refractivity contribution in [1.82, 2.24) is 14.5 Å². The summed E-state index contributed by atoms with van der Waals surface area (Å²) in [5, 5.41) is 7.96. The fourth-order valence-corrected chi connectivity index (χ4v) is 15.3. The molecule has 3 aromatic heterocycles. The molecule has 0 radical (unpaired) electrons. The van der Waals surface area contributed by atoms with E-state index in [2.05, 4.69) is 168 Å². The molecule has 0 saturated heterocycles. The third-order valence-electron chi connectivity index (χ3n) is 11.2. The van der Waals surface area contributed by atoms with Gasteiger partial charge in [-0.25, -0.2) is 9.97 Å². The van der Waals surface area contributed by atoms with Crippen molar-refractivity contribution in [2.75, 3.05) is 4.90 Å². The Hall–Kier alpha value is -6.80. The maximum absolute atomic E-state index is 6.82. The Balaban J connectivity index is 1.18. The van der Waals surface area contributed by atoms with Gasteiger partial charge in [0.05, 0.1) is 16.7 Å². The molecule has 0 bridgehead atoms. The van der Waals surface area contributed by atoms with E-state index in [0.717, 1.165) is 51.1 Å². The Kier molecular flexibility index (Phi) is 7.52. The first-order chi connectivity index (χ1) is 27.7. The highest BCUT2D eigenvalue weighted by atomic mass is 32.1. The number of benzene rings is 7. The van der Waals surface area contributed by atoms with Gasteiger partial charge in [-0.15, -0.1) is 11.3 Å². The molecule has 1 aliphatic rings. The van der Waals surface area contributed by atoms with Crippen LogP contribution >= 0.6 is 11.3 Å². The van der Waals surface area contributed by atoms with Gasteiger partial charge in [0.15, 0.2) is 8.07 Å². The number of imidazole rings is 1. The molecule has 7 heteroatoms. The largest absolute Gasteiger partial charge is 0.457 e. The molecule has 7 aromatic carbocycles. The molecule has 0 atom stereocenters. The van der Waals surface area contributed by atoms with E-state index in [1.54, 1.807) is 0 Å². The minimum atomic E-state index is -3.02. The number of anilines is 3. The fraction of sp³-hybridized carbons (Fsp3) is 0.0204. The summed E-state index contributed by atoms with van der Waals surface area (Å²) in [4.78, 5) is 12.3. The molecule has 0 unspecified atom stereocenters. The van der Waals surface area contributed by atoms with Gasteiger partial charge in [0.25, 0.3) is 0 Å². The van der Waals surface area contributed by atoms with Crippen molar-refractivity contribution in [1.29, 1.82) is 0 Å². The molecule has 0 spiro atoms. The SMILES string of the molecule is Cn1c(-c2cccc(Oc3ccc4c(c3)N(c3ccccn3)c3ccc5sc6ccccc6c5c3[Si]4(c3ccccc3)c3ccccc3)c2)nc2ccccc21. The second-order valence-electron chi connectivity index (χ2n) is 14.2. The number of aryl methyl sites for hydroxylation is 1. The lowest BCUT2D eigenvalue weighted by Crippen LogP contribution is -2.77. The lowest BCUT2D eigenvalue weighted by atomic mass is 10.1. The van der Waals surface area contributed by atoms with Gasteiger partial charge in [0.1, 0.15) is 23.1 Å². The summed E-state index contributed by atoms with van der Waals surface area (Å²) in [5.74, 6) is 3.25. The molecule has 0 N–H and O–H groups in total. The van der Waals surface area contributed by atoms with E-state index in [-0.39, 0.29) is 0 Å². The number of thiophene rings is 1. The number of nitrogens with zero attached hydrogens (tertiary/aromatic N) is 4. The predicted molar refractivity (Wildman–Crippen MR) is 235 cm³/mol. The van der Waals surface area contributed by atoms with Gasteiger partial charge in [-0.2, -0.15) is 0 Å². The van der Waals surface area contributed by atoms with Crippen LogP contribution < -0.4 is 30.4 Å². The average molecular weight is 755 g/mol. The van der Waals surface area contributed by atoms with Crippen molar-refractivity contribution in [2.24, 2.45) is 7.05 Å². The molecule has 0 amide bonds. The number of para-hydroxylation sites is 2. The molecule has 1 aliphatic heterocycles. The van der Waals surface area contributed by atoms with Crippen LogP contribution in [-0.4, -0.2) is 22.6 Å². The van der Waals surface area contributed by atoms with Gasteiger partial charge in [-0.05, 0) is 81.4 Å². The van der Waals surface area contributed by atoms with E-state index in [9.17, 15) is 0 Å². The second kappa shape index (κ2) is 12.9. The van der Waals surface area contributed by atoms with Gasteiger partial charge in [-0.1, -0.05) is 115 Å². The maximum atomic E-state index is 6.82. The summed E-state index contributed by atoms with van der Waals surface area (Å²) in [5.41, 5.74) is 5.27. The number of hydrogen-bond donors (Lipinski definition) is 0. The number of pyridine rings is 1. The van der Waals surface area contributed by atoms with Gasteiger partial charge >= 0.3 is 0 Å². The molecule has 56 heavy (non-hydrogen) atoms. The lowest BCUT2D eigenvalue weighted by molar-refractivity contribution is 0.483. The minimum Gasteiger partial charge on any atom is -0.457 e. The van der Waals surface area contributed by atoms with Crippen LogP contribution in [-0.2, 0) is 7.05 Å². The van der Waals surface area contributed by atoms with Crippen LogP contribution in [0.25, 0.3) is 42.6 Å². The van der Waals surface area contributed by atoms with Crippen LogP contribution in [0.4, 0.5) is 17.2 Å². The highest BCUT2D eigenvalue weighted by Gasteiger charge is 2.50. The van der Waals surface area contributed by atoms with E-state index >= 15 is 0 Å². The molecule has 266 valence electrons. The van der Waals surface area contributed by atoms with Crippen molar-refractivity contribution in [3.05, 3.63) is 188 Å². The molecule has 4 heterocycles. The quantitative estimate of drug-likeness (QED) is 0.159. The standard InChI is InChI=1S/C49H34N4OSSi/c1-52-40-23-10-9-22-39(40)51-49(52)33-15-14-16-34(31-33)54-35-26-29-45-42(32-35)53(46-25-12-13-30-50-46)41-27-28-44-47(38-21-8-11-24-43(38)55-44)48(41)56(45,36-17-4-2-5-18-36)37-19-6-3-7-20-37/h2-32H,1H3. The first kappa shape index (κ1) is 32.6. The minimum absolute atomic E-state index is 0.746. The Labute approximate surface area is 329 Å². The van der Waals surface area contributed by atoms with Crippen LogP contribution in [0, 0.1) is 0 Å². The smallest absolute Gasteiger partial charge is 0.184 e. The Morgan fingerprint density at radius 3 is 2.11 bits per heavy atom. The highest BCUT2D eigenvalue weighted by molar-refractivity contribution is 7.28. The van der Waals surface area contributed by atoms with E-state index in [1.807, 2.05) is 47.9 Å². The summed E-state index contributed by atoms with van der Waals surface area (Å²) >= 11 is 1.87. The molecule has 5 nitrogen and oxygen atoms in total. The van der Waals surface area contributed by atoms with Crippen molar-refractivity contribution < 1.29 is 4.74 Å². The number of aromatic nitrogens is 3. The molecule has 0 fully saturated rings. The number of rotatable bonds is 6. The monoisotopic (exact) mass is 754 g/mol. The first-order valence-corrected chi connectivity index (χ1v) is 21.6. The van der Waals surface area contributed by atoms with E-state index in [1.165, 1.54) is 40.9 Å². The number of fused-ring (bicyclic) bond motifs is 7. The third kappa shape index (κ3) is 4.91. The maximum Gasteiger partial charge on any atom is 0.184 e. The van der Waals surface area contributed by atoms with Crippen LogP contribution in [0.5, 0.6) is 11.5 Å². The Morgan fingerprint density at radius 1 is 0.589 bits per heavy atom. The summed E-state index contributed by atoms with van der Waals surface area (Å²) in [7, 11) is -0.953. The van der Waals surface area contributed by atoms with Gasteiger partial charge < -0.3 is 9.30 Å². The first-order valence-electron chi connectivity index (χ1n) is 18.8. The van der Waals surface area contributed by atoms with Crippen molar-refractivity contribution in [3.8, 4) is 22.9 Å². The highest BCUT2D eigenvalue weighted by Crippen LogP contribution is 2.44. The average Bonchev–Trinajstić information content (AvgIpc) is 3.81. The molecule has 11 rings (SSSR count). The van der Waals surface area contributed by atoms with Crippen molar-refractivity contribution in [3.63, 3.8) is 0 Å². The van der Waals surface area contributed by atoms with Gasteiger partial charge in [-0.3, -0.25) is 4.90 Å². The molecule has 10 aromatic rings. The third-order valence-corrected chi connectivity index (χ3v) is 17.2. The molecule has 0 saturated carbocycles. The topological polar surface area (TPSA) is 43.2 Å².